The summed E-state index contributed by atoms with van der Waals surface area (Å²) in [4.78, 5) is 7.69. The van der Waals surface area contributed by atoms with E-state index >= 15 is 0 Å². The molecule has 1 aromatic carbocycles. The maximum absolute atomic E-state index is 13.0. The van der Waals surface area contributed by atoms with E-state index < -0.39 is 0 Å². The SMILES string of the molecule is CCC.Nc1ncnc2cc(F)c(Br)cc12. The van der Waals surface area contributed by atoms with E-state index in [4.69, 9.17) is 5.73 Å². The number of aromatic nitrogens is 2. The van der Waals surface area contributed by atoms with Crippen LogP contribution in [0.25, 0.3) is 10.9 Å². The highest BCUT2D eigenvalue weighted by Gasteiger charge is 2.05. The van der Waals surface area contributed by atoms with Gasteiger partial charge >= 0.3 is 0 Å². The Morgan fingerprint density at radius 2 is 1.94 bits per heavy atom. The number of nitrogens with two attached hydrogens (primary N) is 1. The van der Waals surface area contributed by atoms with Crippen molar-refractivity contribution in [1.29, 1.82) is 0 Å². The number of hydrogen-bond donors (Lipinski definition) is 1. The molecular weight excluding hydrogens is 273 g/mol. The molecule has 0 amide bonds. The molecule has 0 spiro atoms. The molecule has 3 nitrogen and oxygen atoms in total. The first kappa shape index (κ1) is 12.8. The average molecular weight is 286 g/mol. The molecule has 0 saturated carbocycles. The quantitative estimate of drug-likeness (QED) is 0.806. The van der Waals surface area contributed by atoms with Gasteiger partial charge in [-0.15, -0.1) is 0 Å². The molecule has 0 aliphatic carbocycles. The number of hydrogen-bond acceptors (Lipinski definition) is 3. The lowest BCUT2D eigenvalue weighted by atomic mass is 10.2. The topological polar surface area (TPSA) is 51.8 Å². The number of halogens is 2. The van der Waals surface area contributed by atoms with Crippen LogP contribution in [-0.2, 0) is 0 Å². The number of benzene rings is 1. The Labute approximate surface area is 102 Å². The van der Waals surface area contributed by atoms with Gasteiger partial charge in [0, 0.05) is 11.5 Å². The zero-order valence-corrected chi connectivity index (χ0v) is 10.8. The molecule has 0 radical (unpaired) electrons. The van der Waals surface area contributed by atoms with Crippen molar-refractivity contribution in [3.63, 3.8) is 0 Å². The molecule has 0 unspecified atom stereocenters. The predicted molar refractivity (Wildman–Crippen MR) is 67.6 cm³/mol. The van der Waals surface area contributed by atoms with Gasteiger partial charge in [-0.2, -0.15) is 0 Å². The molecule has 5 heteroatoms. The second-order valence-corrected chi connectivity index (χ2v) is 4.10. The fraction of sp³-hybridized carbons (Fsp3) is 0.273. The number of rotatable bonds is 0. The second kappa shape index (κ2) is 5.75. The fourth-order valence-corrected chi connectivity index (χ4v) is 1.41. The molecule has 2 N–H and O–H groups in total. The fourth-order valence-electron chi connectivity index (χ4n) is 1.07. The molecule has 0 aliphatic heterocycles. The van der Waals surface area contributed by atoms with Gasteiger partial charge in [0.05, 0.1) is 9.99 Å². The van der Waals surface area contributed by atoms with Crippen molar-refractivity contribution in [2.24, 2.45) is 0 Å². The minimum atomic E-state index is -0.356. The van der Waals surface area contributed by atoms with Crippen LogP contribution >= 0.6 is 15.9 Å². The van der Waals surface area contributed by atoms with Crippen molar-refractivity contribution >= 4 is 32.7 Å². The standard InChI is InChI=1S/C8H5BrFN3.C3H8/c9-5-1-4-7(2-6(5)10)12-3-13-8(4)11;1-3-2/h1-3H,(H2,11,12,13);3H2,1-2H3. The third-order valence-corrected chi connectivity index (χ3v) is 2.32. The summed E-state index contributed by atoms with van der Waals surface area (Å²) in [6, 6.07) is 2.89. The van der Waals surface area contributed by atoms with E-state index in [1.165, 1.54) is 18.8 Å². The van der Waals surface area contributed by atoms with Crippen LogP contribution in [-0.4, -0.2) is 9.97 Å². The first-order valence-corrected chi connectivity index (χ1v) is 5.74. The smallest absolute Gasteiger partial charge is 0.139 e. The summed E-state index contributed by atoms with van der Waals surface area (Å²) in [5, 5.41) is 0.649. The van der Waals surface area contributed by atoms with Gasteiger partial charge in [-0.05, 0) is 22.0 Å². The summed E-state index contributed by atoms with van der Waals surface area (Å²) in [5.74, 6) is -0.00343. The van der Waals surface area contributed by atoms with E-state index in [9.17, 15) is 4.39 Å². The Bertz CT molecular complexity index is 488. The molecular formula is C11H13BrFN3. The number of anilines is 1. The van der Waals surface area contributed by atoms with Crippen LogP contribution in [0.2, 0.25) is 0 Å². The zero-order valence-electron chi connectivity index (χ0n) is 9.17. The Balaban J connectivity index is 0.000000386. The van der Waals surface area contributed by atoms with Crippen LogP contribution in [0.15, 0.2) is 22.9 Å². The molecule has 0 saturated heterocycles. The molecule has 2 aromatic rings. The van der Waals surface area contributed by atoms with Crippen LogP contribution in [0.1, 0.15) is 20.3 Å². The largest absolute Gasteiger partial charge is 0.383 e. The van der Waals surface area contributed by atoms with Crippen molar-refractivity contribution in [2.75, 3.05) is 5.73 Å². The lowest BCUT2D eigenvalue weighted by molar-refractivity contribution is 0.623. The summed E-state index contributed by atoms with van der Waals surface area (Å²) in [6.07, 6.45) is 2.56. The normalized spacial score (nSPS) is 9.75. The zero-order chi connectivity index (χ0) is 12.1. The van der Waals surface area contributed by atoms with Gasteiger partial charge in [-0.1, -0.05) is 20.3 Å². The van der Waals surface area contributed by atoms with Crippen molar-refractivity contribution in [3.05, 3.63) is 28.7 Å². The summed E-state index contributed by atoms with van der Waals surface area (Å²) in [6.45, 7) is 4.25. The molecule has 1 aromatic heterocycles. The minimum absolute atomic E-state index is 0.353. The van der Waals surface area contributed by atoms with Gasteiger partial charge < -0.3 is 5.73 Å². The van der Waals surface area contributed by atoms with E-state index in [0.29, 0.717) is 21.2 Å². The molecule has 86 valence electrons. The Morgan fingerprint density at radius 3 is 2.56 bits per heavy atom. The molecule has 2 rings (SSSR count). The Kier molecular flexibility index (Phi) is 4.61. The van der Waals surface area contributed by atoms with Crippen LogP contribution in [0.3, 0.4) is 0 Å². The van der Waals surface area contributed by atoms with Gasteiger partial charge in [-0.25, -0.2) is 14.4 Å². The van der Waals surface area contributed by atoms with Crippen LogP contribution in [0, 0.1) is 5.82 Å². The Hall–Kier alpha value is -1.23. The van der Waals surface area contributed by atoms with Gasteiger partial charge in [0.1, 0.15) is 18.0 Å². The molecule has 0 aliphatic rings. The van der Waals surface area contributed by atoms with E-state index in [2.05, 4.69) is 39.7 Å². The summed E-state index contributed by atoms with van der Waals surface area (Å²) in [5.41, 5.74) is 6.09. The van der Waals surface area contributed by atoms with Gasteiger partial charge in [0.15, 0.2) is 0 Å². The van der Waals surface area contributed by atoms with Crippen LogP contribution in [0.5, 0.6) is 0 Å². The first-order chi connectivity index (χ1) is 7.60. The molecule has 0 bridgehead atoms. The maximum Gasteiger partial charge on any atom is 0.139 e. The van der Waals surface area contributed by atoms with E-state index in [-0.39, 0.29) is 5.82 Å². The first-order valence-electron chi connectivity index (χ1n) is 4.95. The van der Waals surface area contributed by atoms with E-state index in [1.807, 2.05) is 0 Å². The number of nitrogen functional groups attached to an aromatic ring is 1. The lowest BCUT2D eigenvalue weighted by Gasteiger charge is -2.00. The number of nitrogens with zero attached hydrogens (tertiary/aromatic N) is 2. The van der Waals surface area contributed by atoms with Crippen LogP contribution in [0.4, 0.5) is 10.2 Å². The highest BCUT2D eigenvalue weighted by molar-refractivity contribution is 9.10. The third-order valence-electron chi connectivity index (χ3n) is 1.71. The highest BCUT2D eigenvalue weighted by Crippen LogP contribution is 2.24. The monoisotopic (exact) mass is 285 g/mol. The summed E-state index contributed by atoms with van der Waals surface area (Å²) in [7, 11) is 0. The predicted octanol–water partition coefficient (Wildman–Crippen LogP) is 3.53. The van der Waals surface area contributed by atoms with Crippen molar-refractivity contribution < 1.29 is 4.39 Å². The van der Waals surface area contributed by atoms with Crippen molar-refractivity contribution in [1.82, 2.24) is 9.97 Å². The molecule has 0 fully saturated rings. The van der Waals surface area contributed by atoms with Crippen molar-refractivity contribution in [3.8, 4) is 0 Å². The van der Waals surface area contributed by atoms with E-state index in [1.54, 1.807) is 6.07 Å². The van der Waals surface area contributed by atoms with Crippen LogP contribution < -0.4 is 5.73 Å². The third kappa shape index (κ3) is 2.88. The molecule has 16 heavy (non-hydrogen) atoms. The van der Waals surface area contributed by atoms with Gasteiger partial charge in [0.25, 0.3) is 0 Å². The average Bonchev–Trinajstić information content (AvgIpc) is 2.23. The maximum atomic E-state index is 13.0. The lowest BCUT2D eigenvalue weighted by Crippen LogP contribution is -1.93. The summed E-state index contributed by atoms with van der Waals surface area (Å²) < 4.78 is 13.4. The second-order valence-electron chi connectivity index (χ2n) is 3.25. The summed E-state index contributed by atoms with van der Waals surface area (Å²) >= 11 is 3.06. The van der Waals surface area contributed by atoms with Gasteiger partial charge in [-0.3, -0.25) is 0 Å². The van der Waals surface area contributed by atoms with Gasteiger partial charge in [0.2, 0.25) is 0 Å². The minimum Gasteiger partial charge on any atom is -0.383 e. The molecule has 1 heterocycles. The Morgan fingerprint density at radius 1 is 1.31 bits per heavy atom. The van der Waals surface area contributed by atoms with Crippen molar-refractivity contribution in [2.45, 2.75) is 20.3 Å². The number of fused-ring (bicyclic) bond motifs is 1. The highest BCUT2D eigenvalue weighted by atomic mass is 79.9. The molecule has 0 atom stereocenters. The van der Waals surface area contributed by atoms with E-state index in [0.717, 1.165) is 0 Å².